The van der Waals surface area contributed by atoms with Crippen LogP contribution in [0.4, 0.5) is 0 Å². The van der Waals surface area contributed by atoms with E-state index in [1.165, 1.54) is 0 Å². The third-order valence-electron chi connectivity index (χ3n) is 2.39. The topological polar surface area (TPSA) is 68.3 Å². The van der Waals surface area contributed by atoms with E-state index in [-0.39, 0.29) is 11.9 Å². The second kappa shape index (κ2) is 5.70. The number of nitrogens with one attached hydrogen (secondary N) is 1. The summed E-state index contributed by atoms with van der Waals surface area (Å²) in [6.07, 6.45) is 2.28. The molecule has 1 aromatic heterocycles. The highest BCUT2D eigenvalue weighted by molar-refractivity contribution is 5.81. The Labute approximate surface area is 96.2 Å². The van der Waals surface area contributed by atoms with Crippen molar-refractivity contribution in [3.8, 4) is 0 Å². The zero-order valence-electron chi connectivity index (χ0n) is 10.1. The van der Waals surface area contributed by atoms with E-state index in [1.807, 2.05) is 26.8 Å². The zero-order chi connectivity index (χ0) is 12.1. The molecule has 1 rings (SSSR count). The maximum Gasteiger partial charge on any atom is 0.237 e. The number of hydrogen-bond acceptors (Lipinski definition) is 3. The van der Waals surface area contributed by atoms with E-state index >= 15 is 0 Å². The summed E-state index contributed by atoms with van der Waals surface area (Å²) in [4.78, 5) is 11.7. The minimum atomic E-state index is -0.447. The second-order valence-corrected chi connectivity index (χ2v) is 4.48. The van der Waals surface area contributed by atoms with Gasteiger partial charge in [-0.3, -0.25) is 4.79 Å². The van der Waals surface area contributed by atoms with Crippen LogP contribution in [-0.2, 0) is 4.79 Å². The molecule has 0 fully saturated rings. The lowest BCUT2D eigenvalue weighted by molar-refractivity contribution is -0.123. The molecule has 1 aromatic rings. The van der Waals surface area contributed by atoms with Gasteiger partial charge in [0.1, 0.15) is 5.76 Å². The molecule has 4 nitrogen and oxygen atoms in total. The Bertz CT molecular complexity index is 320. The highest BCUT2D eigenvalue weighted by Crippen LogP contribution is 2.12. The van der Waals surface area contributed by atoms with Crippen LogP contribution in [0.5, 0.6) is 0 Å². The van der Waals surface area contributed by atoms with Gasteiger partial charge in [-0.15, -0.1) is 0 Å². The summed E-state index contributed by atoms with van der Waals surface area (Å²) in [7, 11) is 0. The first-order chi connectivity index (χ1) is 7.50. The molecule has 1 unspecified atom stereocenters. The van der Waals surface area contributed by atoms with E-state index in [0.29, 0.717) is 12.3 Å². The quantitative estimate of drug-likeness (QED) is 0.801. The molecule has 0 aliphatic heterocycles. The fraction of sp³-hybridized carbons (Fsp3) is 0.583. The van der Waals surface area contributed by atoms with Crippen LogP contribution < -0.4 is 11.1 Å². The average Bonchev–Trinajstić information content (AvgIpc) is 2.68. The van der Waals surface area contributed by atoms with Crippen LogP contribution in [-0.4, -0.2) is 11.9 Å². The molecule has 4 heteroatoms. The molecule has 0 aliphatic rings. The summed E-state index contributed by atoms with van der Waals surface area (Å²) in [5.41, 5.74) is 5.78. The van der Waals surface area contributed by atoms with E-state index < -0.39 is 6.04 Å². The van der Waals surface area contributed by atoms with Crippen LogP contribution in [0.1, 0.15) is 39.0 Å². The summed E-state index contributed by atoms with van der Waals surface area (Å²) in [6, 6.07) is 3.04. The monoisotopic (exact) mass is 224 g/mol. The molecule has 0 radical (unpaired) electrons. The van der Waals surface area contributed by atoms with Gasteiger partial charge in [0.25, 0.3) is 0 Å². The Hall–Kier alpha value is -1.29. The maximum absolute atomic E-state index is 11.7. The predicted octanol–water partition coefficient (Wildman–Crippen LogP) is 1.83. The molecule has 2 atom stereocenters. The number of carbonyl (C=O) groups excluding carboxylic acids is 1. The number of carbonyl (C=O) groups is 1. The average molecular weight is 224 g/mol. The summed E-state index contributed by atoms with van der Waals surface area (Å²) < 4.78 is 5.20. The SMILES string of the molecule is CC(C)CC(N)C(=O)N[C@H](C)c1ccco1. The minimum absolute atomic E-state index is 0.127. The predicted molar refractivity (Wildman–Crippen MR) is 62.7 cm³/mol. The third kappa shape index (κ3) is 3.70. The fourth-order valence-electron chi connectivity index (χ4n) is 1.54. The van der Waals surface area contributed by atoms with Gasteiger partial charge in [-0.25, -0.2) is 0 Å². The van der Waals surface area contributed by atoms with Crippen LogP contribution in [0.2, 0.25) is 0 Å². The van der Waals surface area contributed by atoms with Crippen LogP contribution >= 0.6 is 0 Å². The van der Waals surface area contributed by atoms with Gasteiger partial charge in [0.05, 0.1) is 18.3 Å². The van der Waals surface area contributed by atoms with Gasteiger partial charge in [0.2, 0.25) is 5.91 Å². The summed E-state index contributed by atoms with van der Waals surface area (Å²) >= 11 is 0. The van der Waals surface area contributed by atoms with Crippen molar-refractivity contribution >= 4 is 5.91 Å². The van der Waals surface area contributed by atoms with Crippen molar-refractivity contribution < 1.29 is 9.21 Å². The van der Waals surface area contributed by atoms with Crippen LogP contribution in [0.25, 0.3) is 0 Å². The molecule has 1 amide bonds. The molecule has 0 bridgehead atoms. The van der Waals surface area contributed by atoms with Crippen molar-refractivity contribution in [1.29, 1.82) is 0 Å². The standard InChI is InChI=1S/C12H20N2O2/c1-8(2)7-10(13)12(15)14-9(3)11-5-4-6-16-11/h4-6,8-10H,7,13H2,1-3H3,(H,14,15)/t9-,10?/m1/s1. The van der Waals surface area contributed by atoms with E-state index in [9.17, 15) is 4.79 Å². The van der Waals surface area contributed by atoms with Crippen molar-refractivity contribution in [2.24, 2.45) is 11.7 Å². The van der Waals surface area contributed by atoms with Crippen LogP contribution in [0, 0.1) is 5.92 Å². The smallest absolute Gasteiger partial charge is 0.237 e. The Kier molecular flexibility index (Phi) is 4.55. The molecule has 0 spiro atoms. The molecule has 3 N–H and O–H groups in total. The second-order valence-electron chi connectivity index (χ2n) is 4.48. The lowest BCUT2D eigenvalue weighted by Crippen LogP contribution is -2.42. The van der Waals surface area contributed by atoms with Crippen LogP contribution in [0.3, 0.4) is 0 Å². The van der Waals surface area contributed by atoms with E-state index in [0.717, 1.165) is 5.76 Å². The Morgan fingerprint density at radius 2 is 2.19 bits per heavy atom. The number of furan rings is 1. The molecule has 90 valence electrons. The third-order valence-corrected chi connectivity index (χ3v) is 2.39. The molecule has 0 saturated heterocycles. The van der Waals surface area contributed by atoms with Gasteiger partial charge in [-0.05, 0) is 31.4 Å². The largest absolute Gasteiger partial charge is 0.467 e. The minimum Gasteiger partial charge on any atom is -0.467 e. The molecule has 0 aromatic carbocycles. The number of hydrogen-bond donors (Lipinski definition) is 2. The molecular weight excluding hydrogens is 204 g/mol. The fourth-order valence-corrected chi connectivity index (χ4v) is 1.54. The van der Waals surface area contributed by atoms with Crippen molar-refractivity contribution in [2.75, 3.05) is 0 Å². The molecule has 1 heterocycles. The first-order valence-electron chi connectivity index (χ1n) is 5.60. The summed E-state index contributed by atoms with van der Waals surface area (Å²) in [6.45, 7) is 5.96. The molecule has 16 heavy (non-hydrogen) atoms. The zero-order valence-corrected chi connectivity index (χ0v) is 10.1. The highest BCUT2D eigenvalue weighted by atomic mass is 16.3. The van der Waals surface area contributed by atoms with Crippen molar-refractivity contribution in [1.82, 2.24) is 5.32 Å². The Balaban J connectivity index is 2.45. The van der Waals surface area contributed by atoms with Gasteiger partial charge < -0.3 is 15.5 Å². The van der Waals surface area contributed by atoms with Gasteiger partial charge >= 0.3 is 0 Å². The van der Waals surface area contributed by atoms with Gasteiger partial charge in [-0.2, -0.15) is 0 Å². The normalized spacial score (nSPS) is 14.8. The molecular formula is C12H20N2O2. The van der Waals surface area contributed by atoms with Gasteiger partial charge in [-0.1, -0.05) is 13.8 Å². The first-order valence-corrected chi connectivity index (χ1v) is 5.60. The van der Waals surface area contributed by atoms with Crippen LogP contribution in [0.15, 0.2) is 22.8 Å². The number of nitrogens with two attached hydrogens (primary N) is 1. The lowest BCUT2D eigenvalue weighted by atomic mass is 10.0. The highest BCUT2D eigenvalue weighted by Gasteiger charge is 2.18. The number of amides is 1. The molecule has 0 saturated carbocycles. The van der Waals surface area contributed by atoms with E-state index in [4.69, 9.17) is 10.2 Å². The molecule has 0 aliphatic carbocycles. The Morgan fingerprint density at radius 3 is 2.69 bits per heavy atom. The van der Waals surface area contributed by atoms with Gasteiger partial charge in [0.15, 0.2) is 0 Å². The van der Waals surface area contributed by atoms with Crippen molar-refractivity contribution in [3.63, 3.8) is 0 Å². The summed E-state index contributed by atoms with van der Waals surface area (Å²) in [5, 5.41) is 2.83. The maximum atomic E-state index is 11.7. The van der Waals surface area contributed by atoms with Crippen molar-refractivity contribution in [2.45, 2.75) is 39.3 Å². The lowest BCUT2D eigenvalue weighted by Gasteiger charge is -2.17. The first kappa shape index (κ1) is 12.8. The summed E-state index contributed by atoms with van der Waals surface area (Å²) in [5.74, 6) is 1.03. The number of rotatable bonds is 5. The van der Waals surface area contributed by atoms with Crippen molar-refractivity contribution in [3.05, 3.63) is 24.2 Å². The Morgan fingerprint density at radius 1 is 1.50 bits per heavy atom. The van der Waals surface area contributed by atoms with E-state index in [1.54, 1.807) is 12.3 Å². The van der Waals surface area contributed by atoms with Gasteiger partial charge in [0, 0.05) is 0 Å². The van der Waals surface area contributed by atoms with E-state index in [2.05, 4.69) is 5.32 Å².